The molecule has 0 aliphatic carbocycles. The molecular weight excluding hydrogens is 316 g/mol. The first-order valence-corrected chi connectivity index (χ1v) is 7.80. The van der Waals surface area contributed by atoms with Crippen LogP contribution in [-0.4, -0.2) is 23.0 Å². The van der Waals surface area contributed by atoms with Crippen LogP contribution in [0.3, 0.4) is 0 Å². The third-order valence-electron chi connectivity index (χ3n) is 3.58. The highest BCUT2D eigenvalue weighted by Crippen LogP contribution is 2.21. The van der Waals surface area contributed by atoms with Gasteiger partial charge in [-0.2, -0.15) is 0 Å². The Hall–Kier alpha value is -3.41. The second-order valence-corrected chi connectivity index (χ2v) is 5.29. The highest BCUT2D eigenvalue weighted by Gasteiger charge is 2.11. The summed E-state index contributed by atoms with van der Waals surface area (Å²) in [7, 11) is 1.36. The summed E-state index contributed by atoms with van der Waals surface area (Å²) in [4.78, 5) is 20.3. The number of nitrogens with zero attached hydrogens (tertiary/aromatic N) is 2. The summed E-state index contributed by atoms with van der Waals surface area (Å²) >= 11 is 0. The molecule has 6 nitrogen and oxygen atoms in total. The Labute approximate surface area is 145 Å². The number of benzene rings is 2. The second kappa shape index (κ2) is 7.92. The molecule has 0 bridgehead atoms. The largest absolute Gasteiger partial charge is 0.465 e. The standard InChI is InChI=1S/C19H18N4O2/c1-25-19(24)15-9-5-6-10-16(15)23-18-11-17(21-13-22-18)20-12-14-7-3-2-4-8-14/h2-11,13H,12H2,1H3,(H2,20,21,22,23). The lowest BCUT2D eigenvalue weighted by atomic mass is 10.2. The molecule has 0 spiro atoms. The first-order chi connectivity index (χ1) is 12.3. The van der Waals surface area contributed by atoms with Gasteiger partial charge in [-0.15, -0.1) is 0 Å². The number of para-hydroxylation sites is 1. The Morgan fingerprint density at radius 3 is 2.52 bits per heavy atom. The average Bonchev–Trinajstić information content (AvgIpc) is 2.67. The smallest absolute Gasteiger partial charge is 0.339 e. The molecule has 3 rings (SSSR count). The van der Waals surface area contributed by atoms with Crippen LogP contribution in [0.1, 0.15) is 15.9 Å². The number of carbonyl (C=O) groups is 1. The molecule has 0 fully saturated rings. The number of rotatable bonds is 6. The quantitative estimate of drug-likeness (QED) is 0.671. The molecule has 0 aliphatic heterocycles. The van der Waals surface area contributed by atoms with E-state index in [4.69, 9.17) is 4.74 Å². The van der Waals surface area contributed by atoms with Gasteiger partial charge in [-0.25, -0.2) is 14.8 Å². The molecule has 0 atom stereocenters. The number of hydrogen-bond donors (Lipinski definition) is 2. The maximum atomic E-state index is 11.8. The fourth-order valence-electron chi connectivity index (χ4n) is 2.33. The Balaban J connectivity index is 1.73. The topological polar surface area (TPSA) is 76.1 Å². The van der Waals surface area contributed by atoms with Crippen molar-refractivity contribution in [3.05, 3.63) is 78.1 Å². The summed E-state index contributed by atoms with van der Waals surface area (Å²) in [5.74, 6) is 0.874. The van der Waals surface area contributed by atoms with Crippen LogP contribution in [0.5, 0.6) is 0 Å². The third-order valence-corrected chi connectivity index (χ3v) is 3.58. The van der Waals surface area contributed by atoms with Crippen LogP contribution in [-0.2, 0) is 11.3 Å². The summed E-state index contributed by atoms with van der Waals surface area (Å²) in [6.45, 7) is 0.663. The van der Waals surface area contributed by atoms with Crippen molar-refractivity contribution in [3.8, 4) is 0 Å². The minimum Gasteiger partial charge on any atom is -0.465 e. The number of carbonyl (C=O) groups excluding carboxylic acids is 1. The number of anilines is 3. The van der Waals surface area contributed by atoms with Crippen LogP contribution in [0, 0.1) is 0 Å². The second-order valence-electron chi connectivity index (χ2n) is 5.29. The van der Waals surface area contributed by atoms with Gasteiger partial charge in [0, 0.05) is 12.6 Å². The fraction of sp³-hybridized carbons (Fsp3) is 0.105. The zero-order chi connectivity index (χ0) is 17.5. The van der Waals surface area contributed by atoms with E-state index < -0.39 is 5.97 Å². The lowest BCUT2D eigenvalue weighted by molar-refractivity contribution is 0.0602. The maximum absolute atomic E-state index is 11.8. The van der Waals surface area contributed by atoms with E-state index in [-0.39, 0.29) is 0 Å². The third kappa shape index (κ3) is 4.32. The molecule has 0 radical (unpaired) electrons. The number of nitrogens with one attached hydrogen (secondary N) is 2. The summed E-state index contributed by atoms with van der Waals surface area (Å²) in [5.41, 5.74) is 2.23. The van der Waals surface area contributed by atoms with Crippen molar-refractivity contribution in [1.29, 1.82) is 0 Å². The molecule has 0 amide bonds. The van der Waals surface area contributed by atoms with Crippen molar-refractivity contribution < 1.29 is 9.53 Å². The van der Waals surface area contributed by atoms with E-state index in [1.54, 1.807) is 24.3 Å². The van der Waals surface area contributed by atoms with E-state index in [0.29, 0.717) is 29.4 Å². The Morgan fingerprint density at radius 1 is 1.00 bits per heavy atom. The van der Waals surface area contributed by atoms with Crippen LogP contribution in [0.25, 0.3) is 0 Å². The normalized spacial score (nSPS) is 10.1. The average molecular weight is 334 g/mol. The lowest BCUT2D eigenvalue weighted by Gasteiger charge is -2.11. The van der Waals surface area contributed by atoms with Crippen LogP contribution >= 0.6 is 0 Å². The van der Waals surface area contributed by atoms with Gasteiger partial charge >= 0.3 is 5.97 Å². The van der Waals surface area contributed by atoms with Crippen LogP contribution in [0.2, 0.25) is 0 Å². The molecule has 2 N–H and O–H groups in total. The van der Waals surface area contributed by atoms with Crippen molar-refractivity contribution in [3.63, 3.8) is 0 Å². The zero-order valence-electron chi connectivity index (χ0n) is 13.8. The van der Waals surface area contributed by atoms with Crippen molar-refractivity contribution in [2.75, 3.05) is 17.7 Å². The van der Waals surface area contributed by atoms with E-state index in [9.17, 15) is 4.79 Å². The van der Waals surface area contributed by atoms with Crippen molar-refractivity contribution >= 4 is 23.3 Å². The molecule has 3 aromatic rings. The number of ether oxygens (including phenoxy) is 1. The molecule has 126 valence electrons. The highest BCUT2D eigenvalue weighted by atomic mass is 16.5. The van der Waals surface area contributed by atoms with E-state index in [1.165, 1.54) is 13.4 Å². The number of aromatic nitrogens is 2. The van der Waals surface area contributed by atoms with E-state index in [0.717, 1.165) is 5.56 Å². The molecule has 1 aromatic heterocycles. The molecule has 2 aromatic carbocycles. The monoisotopic (exact) mass is 334 g/mol. The summed E-state index contributed by atoms with van der Waals surface area (Å²) in [6, 6.07) is 19.0. The Kier molecular flexibility index (Phi) is 5.21. The van der Waals surface area contributed by atoms with Gasteiger partial charge in [0.25, 0.3) is 0 Å². The summed E-state index contributed by atoms with van der Waals surface area (Å²) in [5, 5.41) is 6.39. The minimum absolute atomic E-state index is 0.403. The molecule has 0 aliphatic rings. The predicted molar refractivity (Wildman–Crippen MR) is 96.9 cm³/mol. The van der Waals surface area contributed by atoms with Crippen molar-refractivity contribution in [2.24, 2.45) is 0 Å². The predicted octanol–water partition coefficient (Wildman–Crippen LogP) is 3.62. The van der Waals surface area contributed by atoms with E-state index >= 15 is 0 Å². The van der Waals surface area contributed by atoms with Crippen molar-refractivity contribution in [2.45, 2.75) is 6.54 Å². The highest BCUT2D eigenvalue weighted by molar-refractivity contribution is 5.96. The Bertz CT molecular complexity index is 853. The van der Waals surface area contributed by atoms with Crippen LogP contribution in [0.4, 0.5) is 17.3 Å². The first-order valence-electron chi connectivity index (χ1n) is 7.80. The lowest BCUT2D eigenvalue weighted by Crippen LogP contribution is -2.07. The molecule has 0 saturated carbocycles. The zero-order valence-corrected chi connectivity index (χ0v) is 13.8. The van der Waals surface area contributed by atoms with Gasteiger partial charge in [0.15, 0.2) is 0 Å². The summed E-state index contributed by atoms with van der Waals surface area (Å²) in [6.07, 6.45) is 1.47. The SMILES string of the molecule is COC(=O)c1ccccc1Nc1cc(NCc2ccccc2)ncn1. The molecular formula is C19H18N4O2. The van der Waals surface area contributed by atoms with Gasteiger partial charge in [-0.05, 0) is 17.7 Å². The number of esters is 1. The van der Waals surface area contributed by atoms with Gasteiger partial charge in [-0.1, -0.05) is 42.5 Å². The molecule has 1 heterocycles. The maximum Gasteiger partial charge on any atom is 0.339 e. The molecule has 0 unspecified atom stereocenters. The van der Waals surface area contributed by atoms with Gasteiger partial charge in [0.05, 0.1) is 18.4 Å². The van der Waals surface area contributed by atoms with Crippen LogP contribution in [0.15, 0.2) is 67.0 Å². The van der Waals surface area contributed by atoms with E-state index in [2.05, 4.69) is 20.6 Å². The summed E-state index contributed by atoms with van der Waals surface area (Å²) < 4.78 is 4.80. The fourth-order valence-corrected chi connectivity index (χ4v) is 2.33. The van der Waals surface area contributed by atoms with Crippen LogP contribution < -0.4 is 10.6 Å². The van der Waals surface area contributed by atoms with Gasteiger partial charge in [0.1, 0.15) is 18.0 Å². The van der Waals surface area contributed by atoms with Gasteiger partial charge in [-0.3, -0.25) is 0 Å². The molecule has 25 heavy (non-hydrogen) atoms. The van der Waals surface area contributed by atoms with E-state index in [1.807, 2.05) is 36.4 Å². The Morgan fingerprint density at radius 2 is 1.72 bits per heavy atom. The molecule has 6 heteroatoms. The van der Waals surface area contributed by atoms with Gasteiger partial charge in [0.2, 0.25) is 0 Å². The number of methoxy groups -OCH3 is 1. The molecule has 0 saturated heterocycles. The van der Waals surface area contributed by atoms with Gasteiger partial charge < -0.3 is 15.4 Å². The van der Waals surface area contributed by atoms with Crippen molar-refractivity contribution in [1.82, 2.24) is 9.97 Å². The minimum atomic E-state index is -0.403. The number of hydrogen-bond acceptors (Lipinski definition) is 6. The first kappa shape index (κ1) is 16.4.